The third-order valence-electron chi connectivity index (χ3n) is 3.20. The number of hydrogen-bond acceptors (Lipinski definition) is 3. The topological polar surface area (TPSA) is 37.8 Å². The van der Waals surface area contributed by atoms with Crippen LogP contribution in [-0.4, -0.2) is 17.0 Å². The Morgan fingerprint density at radius 1 is 1.20 bits per heavy atom. The fourth-order valence-corrected chi connectivity index (χ4v) is 2.37. The van der Waals surface area contributed by atoms with Crippen LogP contribution in [0.25, 0.3) is 0 Å². The maximum atomic E-state index is 13.9. The number of rotatable bonds is 4. The summed E-state index contributed by atoms with van der Waals surface area (Å²) in [6, 6.07) is 4.97. The fraction of sp³-hybridized carbons (Fsp3) is 0.333. The van der Waals surface area contributed by atoms with Gasteiger partial charge in [-0.3, -0.25) is 0 Å². The van der Waals surface area contributed by atoms with Crippen LogP contribution in [0, 0.1) is 19.7 Å². The zero-order chi connectivity index (χ0) is 14.7. The van der Waals surface area contributed by atoms with Crippen molar-refractivity contribution in [1.82, 2.24) is 15.3 Å². The molecule has 0 fully saturated rings. The first kappa shape index (κ1) is 14.9. The van der Waals surface area contributed by atoms with Crippen LogP contribution in [0.2, 0.25) is 5.02 Å². The highest BCUT2D eigenvalue weighted by molar-refractivity contribution is 6.30. The Hall–Kier alpha value is -1.52. The summed E-state index contributed by atoms with van der Waals surface area (Å²) in [5.74, 6) is 0.216. The van der Waals surface area contributed by atoms with Crippen LogP contribution in [0.4, 0.5) is 4.39 Å². The summed E-state index contributed by atoms with van der Waals surface area (Å²) in [5.41, 5.74) is 3.44. The summed E-state index contributed by atoms with van der Waals surface area (Å²) in [7, 11) is 1.88. The number of aromatic nitrogens is 2. The number of halogens is 2. The average molecular weight is 294 g/mol. The Balaban J connectivity index is 2.33. The van der Waals surface area contributed by atoms with Crippen molar-refractivity contribution in [2.45, 2.75) is 26.8 Å². The van der Waals surface area contributed by atoms with E-state index in [1.54, 1.807) is 12.1 Å². The van der Waals surface area contributed by atoms with Crippen molar-refractivity contribution in [3.8, 4) is 0 Å². The van der Waals surface area contributed by atoms with Gasteiger partial charge in [0.2, 0.25) is 0 Å². The molecule has 1 aromatic carbocycles. The molecular weight excluding hydrogens is 277 g/mol. The Morgan fingerprint density at radius 3 is 2.45 bits per heavy atom. The first-order chi connectivity index (χ1) is 9.52. The van der Waals surface area contributed by atoms with E-state index in [-0.39, 0.29) is 5.02 Å². The zero-order valence-electron chi connectivity index (χ0n) is 11.8. The van der Waals surface area contributed by atoms with E-state index < -0.39 is 5.82 Å². The van der Waals surface area contributed by atoms with Gasteiger partial charge >= 0.3 is 0 Å². The van der Waals surface area contributed by atoms with E-state index in [4.69, 9.17) is 11.6 Å². The number of hydrogen-bond donors (Lipinski definition) is 1. The highest BCUT2D eigenvalue weighted by Gasteiger charge is 2.11. The summed E-state index contributed by atoms with van der Waals surface area (Å²) in [6.07, 6.45) is 0.341. The van der Waals surface area contributed by atoms with Gasteiger partial charge in [0.05, 0.1) is 5.02 Å². The van der Waals surface area contributed by atoms with Crippen LogP contribution in [0.3, 0.4) is 0 Å². The van der Waals surface area contributed by atoms with Crippen molar-refractivity contribution in [1.29, 1.82) is 0 Å². The summed E-state index contributed by atoms with van der Waals surface area (Å²) in [5, 5.41) is 3.22. The van der Waals surface area contributed by atoms with E-state index in [0.717, 1.165) is 23.5 Å². The third kappa shape index (κ3) is 3.14. The Morgan fingerprint density at radius 2 is 1.85 bits per heavy atom. The maximum absolute atomic E-state index is 13.9. The predicted molar refractivity (Wildman–Crippen MR) is 78.5 cm³/mol. The van der Waals surface area contributed by atoms with Crippen molar-refractivity contribution >= 4 is 11.6 Å². The molecule has 1 aromatic heterocycles. The van der Waals surface area contributed by atoms with Gasteiger partial charge in [-0.05, 0) is 32.5 Å². The van der Waals surface area contributed by atoms with Crippen LogP contribution in [0.15, 0.2) is 18.2 Å². The van der Waals surface area contributed by atoms with Crippen molar-refractivity contribution < 1.29 is 4.39 Å². The number of benzene rings is 1. The van der Waals surface area contributed by atoms with Gasteiger partial charge in [0, 0.05) is 29.9 Å². The molecule has 0 amide bonds. The molecule has 0 aliphatic heterocycles. The van der Waals surface area contributed by atoms with Crippen molar-refractivity contribution in [3.05, 3.63) is 57.4 Å². The molecule has 0 radical (unpaired) electrons. The minimum Gasteiger partial charge on any atom is -0.316 e. The van der Waals surface area contributed by atoms with Crippen molar-refractivity contribution in [2.75, 3.05) is 7.05 Å². The molecule has 20 heavy (non-hydrogen) atoms. The smallest absolute Gasteiger partial charge is 0.145 e. The summed E-state index contributed by atoms with van der Waals surface area (Å²) >= 11 is 5.78. The Kier molecular flexibility index (Phi) is 4.68. The van der Waals surface area contributed by atoms with Gasteiger partial charge < -0.3 is 5.32 Å². The standard InChI is InChI=1S/C15H17ClFN3/c1-9-12(8-18-3)10(2)20-14(19-9)7-11-5-4-6-13(16)15(11)17/h4-6,18H,7-8H2,1-3H3. The first-order valence-electron chi connectivity index (χ1n) is 6.43. The van der Waals surface area contributed by atoms with Gasteiger partial charge in [-0.1, -0.05) is 23.7 Å². The molecule has 0 bridgehead atoms. The monoisotopic (exact) mass is 293 g/mol. The van der Waals surface area contributed by atoms with Gasteiger partial charge in [-0.15, -0.1) is 0 Å². The zero-order valence-corrected chi connectivity index (χ0v) is 12.6. The molecule has 106 valence electrons. The summed E-state index contributed by atoms with van der Waals surface area (Å²) < 4.78 is 13.9. The van der Waals surface area contributed by atoms with E-state index >= 15 is 0 Å². The molecule has 0 aliphatic rings. The fourth-order valence-electron chi connectivity index (χ4n) is 2.18. The molecule has 2 rings (SSSR count). The molecule has 0 saturated carbocycles. The molecule has 5 heteroatoms. The van der Waals surface area contributed by atoms with Gasteiger partial charge in [-0.25, -0.2) is 14.4 Å². The molecule has 0 unspecified atom stereocenters. The lowest BCUT2D eigenvalue weighted by Crippen LogP contribution is -2.13. The summed E-state index contributed by atoms with van der Waals surface area (Å²) in [6.45, 7) is 4.61. The molecule has 1 heterocycles. The third-order valence-corrected chi connectivity index (χ3v) is 3.49. The van der Waals surface area contributed by atoms with Crippen LogP contribution in [0.5, 0.6) is 0 Å². The molecule has 0 saturated heterocycles. The van der Waals surface area contributed by atoms with Crippen LogP contribution in [0.1, 0.15) is 28.3 Å². The lowest BCUT2D eigenvalue weighted by molar-refractivity contribution is 0.612. The Labute approximate surface area is 123 Å². The molecule has 3 nitrogen and oxygen atoms in total. The van der Waals surface area contributed by atoms with Crippen molar-refractivity contribution in [3.63, 3.8) is 0 Å². The van der Waals surface area contributed by atoms with Gasteiger partial charge in [0.1, 0.15) is 11.6 Å². The van der Waals surface area contributed by atoms with Crippen LogP contribution in [-0.2, 0) is 13.0 Å². The van der Waals surface area contributed by atoms with Gasteiger partial charge in [-0.2, -0.15) is 0 Å². The highest BCUT2D eigenvalue weighted by Crippen LogP contribution is 2.20. The van der Waals surface area contributed by atoms with E-state index in [0.29, 0.717) is 17.8 Å². The average Bonchev–Trinajstić information content (AvgIpc) is 2.39. The molecule has 0 aliphatic carbocycles. The van der Waals surface area contributed by atoms with E-state index in [1.807, 2.05) is 20.9 Å². The molecule has 0 spiro atoms. The lowest BCUT2D eigenvalue weighted by Gasteiger charge is -2.11. The number of nitrogens with one attached hydrogen (secondary N) is 1. The molecule has 2 aromatic rings. The largest absolute Gasteiger partial charge is 0.316 e. The Bertz CT molecular complexity index is 606. The SMILES string of the molecule is CNCc1c(C)nc(Cc2cccc(Cl)c2F)nc1C. The van der Waals surface area contributed by atoms with E-state index in [9.17, 15) is 4.39 Å². The second-order valence-corrected chi connectivity index (χ2v) is 5.12. The quantitative estimate of drug-likeness (QED) is 0.941. The van der Waals surface area contributed by atoms with Gasteiger partial charge in [0.25, 0.3) is 0 Å². The van der Waals surface area contributed by atoms with Crippen molar-refractivity contribution in [2.24, 2.45) is 0 Å². The van der Waals surface area contributed by atoms with Gasteiger partial charge in [0.15, 0.2) is 0 Å². The van der Waals surface area contributed by atoms with Crippen LogP contribution >= 0.6 is 11.6 Å². The normalized spacial score (nSPS) is 10.8. The number of aryl methyl sites for hydroxylation is 2. The maximum Gasteiger partial charge on any atom is 0.145 e. The molecular formula is C15H17ClFN3. The minimum absolute atomic E-state index is 0.128. The number of nitrogens with zero attached hydrogens (tertiary/aromatic N) is 2. The van der Waals surface area contributed by atoms with E-state index in [1.165, 1.54) is 6.07 Å². The lowest BCUT2D eigenvalue weighted by atomic mass is 10.1. The van der Waals surface area contributed by atoms with Crippen LogP contribution < -0.4 is 5.32 Å². The van der Waals surface area contributed by atoms with E-state index in [2.05, 4.69) is 15.3 Å². The molecule has 1 N–H and O–H groups in total. The minimum atomic E-state index is -0.396. The predicted octanol–water partition coefficient (Wildman–Crippen LogP) is 3.20. The first-order valence-corrected chi connectivity index (χ1v) is 6.81. The summed E-state index contributed by atoms with van der Waals surface area (Å²) in [4.78, 5) is 8.92. The second-order valence-electron chi connectivity index (χ2n) is 4.71. The second kappa shape index (κ2) is 6.29. The highest BCUT2D eigenvalue weighted by atomic mass is 35.5. The molecule has 0 atom stereocenters.